The molecule has 0 aromatic heterocycles. The molecule has 0 bridgehead atoms. The monoisotopic (exact) mass is 395 g/mol. The Morgan fingerprint density at radius 3 is 2.54 bits per heavy atom. The molecular formula is C18H21NO5S2. The van der Waals surface area contributed by atoms with Crippen LogP contribution in [0.15, 0.2) is 17.0 Å². The molecule has 140 valence electrons. The van der Waals surface area contributed by atoms with E-state index in [1.165, 1.54) is 11.8 Å². The summed E-state index contributed by atoms with van der Waals surface area (Å²) in [6.07, 6.45) is 3.82. The summed E-state index contributed by atoms with van der Waals surface area (Å²) in [5.41, 5.74) is 0.725. The Morgan fingerprint density at radius 1 is 1.23 bits per heavy atom. The Bertz CT molecular complexity index is 743. The summed E-state index contributed by atoms with van der Waals surface area (Å²) >= 11 is 6.68. The highest BCUT2D eigenvalue weighted by Gasteiger charge is 2.34. The Labute approximate surface area is 162 Å². The fourth-order valence-electron chi connectivity index (χ4n) is 2.96. The molecule has 26 heavy (non-hydrogen) atoms. The SMILES string of the molecule is COc1cc(OC)c(OC)cc1/C=C1/SC(=S)N(C[C@@H]2CCCO2)C1=O. The van der Waals surface area contributed by atoms with Crippen LogP contribution in [0.5, 0.6) is 17.2 Å². The van der Waals surface area contributed by atoms with Gasteiger partial charge in [0.25, 0.3) is 5.91 Å². The summed E-state index contributed by atoms with van der Waals surface area (Å²) in [5, 5.41) is 0. The lowest BCUT2D eigenvalue weighted by Crippen LogP contribution is -2.35. The van der Waals surface area contributed by atoms with Crippen LogP contribution in [0.1, 0.15) is 18.4 Å². The first-order chi connectivity index (χ1) is 12.6. The van der Waals surface area contributed by atoms with Crippen molar-refractivity contribution >= 4 is 40.3 Å². The van der Waals surface area contributed by atoms with Crippen LogP contribution in [0.2, 0.25) is 0 Å². The highest BCUT2D eigenvalue weighted by atomic mass is 32.2. The van der Waals surface area contributed by atoms with Gasteiger partial charge >= 0.3 is 0 Å². The summed E-state index contributed by atoms with van der Waals surface area (Å²) in [7, 11) is 4.70. The number of carbonyl (C=O) groups excluding carboxylic acids is 1. The van der Waals surface area contributed by atoms with E-state index in [2.05, 4.69) is 0 Å². The van der Waals surface area contributed by atoms with E-state index in [1.807, 2.05) is 0 Å². The molecule has 0 radical (unpaired) electrons. The van der Waals surface area contributed by atoms with Gasteiger partial charge in [-0.2, -0.15) is 0 Å². The van der Waals surface area contributed by atoms with Crippen molar-refractivity contribution in [3.8, 4) is 17.2 Å². The van der Waals surface area contributed by atoms with Crippen molar-refractivity contribution in [1.82, 2.24) is 4.90 Å². The van der Waals surface area contributed by atoms with Gasteiger partial charge in [-0.05, 0) is 25.0 Å². The zero-order valence-electron chi connectivity index (χ0n) is 14.9. The first kappa shape index (κ1) is 19.0. The lowest BCUT2D eigenvalue weighted by atomic mass is 10.1. The number of thioether (sulfide) groups is 1. The van der Waals surface area contributed by atoms with Crippen LogP contribution >= 0.6 is 24.0 Å². The maximum Gasteiger partial charge on any atom is 0.266 e. The number of rotatable bonds is 6. The summed E-state index contributed by atoms with van der Waals surface area (Å²) in [6, 6.07) is 3.52. The number of thiocarbonyl (C=S) groups is 1. The molecule has 0 saturated carbocycles. The molecular weight excluding hydrogens is 374 g/mol. The largest absolute Gasteiger partial charge is 0.496 e. The van der Waals surface area contributed by atoms with Gasteiger partial charge < -0.3 is 18.9 Å². The van der Waals surface area contributed by atoms with E-state index in [0.717, 1.165) is 25.0 Å². The smallest absolute Gasteiger partial charge is 0.266 e. The van der Waals surface area contributed by atoms with Crippen LogP contribution in [0.3, 0.4) is 0 Å². The van der Waals surface area contributed by atoms with Gasteiger partial charge in [0, 0.05) is 18.2 Å². The van der Waals surface area contributed by atoms with Crippen molar-refractivity contribution in [3.05, 3.63) is 22.6 Å². The highest BCUT2D eigenvalue weighted by molar-refractivity contribution is 8.26. The van der Waals surface area contributed by atoms with Crippen molar-refractivity contribution in [2.45, 2.75) is 18.9 Å². The van der Waals surface area contributed by atoms with E-state index in [1.54, 1.807) is 44.4 Å². The Balaban J connectivity index is 1.87. The first-order valence-electron chi connectivity index (χ1n) is 8.24. The number of ether oxygens (including phenoxy) is 4. The number of hydrogen-bond acceptors (Lipinski definition) is 7. The Kier molecular flexibility index (Phi) is 6.05. The van der Waals surface area contributed by atoms with Crippen molar-refractivity contribution < 1.29 is 23.7 Å². The predicted octanol–water partition coefficient (Wildman–Crippen LogP) is 3.09. The lowest BCUT2D eigenvalue weighted by Gasteiger charge is -2.18. The third-order valence-corrected chi connectivity index (χ3v) is 5.68. The van der Waals surface area contributed by atoms with Crippen molar-refractivity contribution in [2.24, 2.45) is 0 Å². The highest BCUT2D eigenvalue weighted by Crippen LogP contribution is 2.39. The van der Waals surface area contributed by atoms with Crippen LogP contribution in [0.4, 0.5) is 0 Å². The van der Waals surface area contributed by atoms with Crippen LogP contribution in [0, 0.1) is 0 Å². The van der Waals surface area contributed by atoms with Gasteiger partial charge in [0.15, 0.2) is 11.5 Å². The minimum Gasteiger partial charge on any atom is -0.496 e. The van der Waals surface area contributed by atoms with Crippen LogP contribution in [0.25, 0.3) is 6.08 Å². The number of amides is 1. The van der Waals surface area contributed by atoms with Crippen LogP contribution < -0.4 is 14.2 Å². The number of benzene rings is 1. The molecule has 1 atom stereocenters. The number of carbonyl (C=O) groups is 1. The third kappa shape index (κ3) is 3.82. The molecule has 3 rings (SSSR count). The number of methoxy groups -OCH3 is 3. The molecule has 0 spiro atoms. The molecule has 1 amide bonds. The first-order valence-corrected chi connectivity index (χ1v) is 9.46. The van der Waals surface area contributed by atoms with E-state index in [0.29, 0.717) is 33.0 Å². The van der Waals surface area contributed by atoms with Gasteiger partial charge in [-0.1, -0.05) is 24.0 Å². The summed E-state index contributed by atoms with van der Waals surface area (Å²) in [4.78, 5) is 15.0. The van der Waals surface area contributed by atoms with E-state index >= 15 is 0 Å². The van der Waals surface area contributed by atoms with E-state index in [9.17, 15) is 4.79 Å². The second-order valence-electron chi connectivity index (χ2n) is 5.88. The van der Waals surface area contributed by atoms with Crippen molar-refractivity contribution in [2.75, 3.05) is 34.5 Å². The van der Waals surface area contributed by atoms with Crippen LogP contribution in [-0.4, -0.2) is 55.7 Å². The second kappa shape index (κ2) is 8.28. The molecule has 2 aliphatic rings. The standard InChI is InChI=1S/C18H21NO5S2/c1-21-13-9-15(23-3)14(22-2)7-11(13)8-16-17(20)19(18(25)26-16)10-12-5-4-6-24-12/h7-9,12H,4-6,10H2,1-3H3/b16-8+/t12-/m0/s1. The summed E-state index contributed by atoms with van der Waals surface area (Å²) < 4.78 is 22.2. The molecule has 8 heteroatoms. The predicted molar refractivity (Wildman–Crippen MR) is 105 cm³/mol. The lowest BCUT2D eigenvalue weighted by molar-refractivity contribution is -0.123. The molecule has 0 unspecified atom stereocenters. The molecule has 1 aromatic rings. The molecule has 2 aliphatic heterocycles. The maximum absolute atomic E-state index is 12.8. The van der Waals surface area contributed by atoms with Gasteiger partial charge in [0.05, 0.1) is 38.9 Å². The number of hydrogen-bond donors (Lipinski definition) is 0. The van der Waals surface area contributed by atoms with Crippen molar-refractivity contribution in [1.29, 1.82) is 0 Å². The molecule has 1 aromatic carbocycles. The maximum atomic E-state index is 12.8. The summed E-state index contributed by atoms with van der Waals surface area (Å²) in [5.74, 6) is 1.61. The second-order valence-corrected chi connectivity index (χ2v) is 7.55. The molecule has 6 nitrogen and oxygen atoms in total. The van der Waals surface area contributed by atoms with E-state index < -0.39 is 0 Å². The van der Waals surface area contributed by atoms with E-state index in [4.69, 9.17) is 31.2 Å². The Morgan fingerprint density at radius 2 is 1.92 bits per heavy atom. The molecule has 2 fully saturated rings. The zero-order valence-corrected chi connectivity index (χ0v) is 16.6. The third-order valence-electron chi connectivity index (χ3n) is 4.31. The van der Waals surface area contributed by atoms with Gasteiger partial charge in [0.1, 0.15) is 10.1 Å². The topological polar surface area (TPSA) is 57.2 Å². The summed E-state index contributed by atoms with van der Waals surface area (Å²) in [6.45, 7) is 1.25. The molecule has 2 saturated heterocycles. The molecule has 0 aliphatic carbocycles. The van der Waals surface area contributed by atoms with Gasteiger partial charge in [-0.15, -0.1) is 0 Å². The average molecular weight is 396 g/mol. The molecule has 0 N–H and O–H groups in total. The van der Waals surface area contributed by atoms with Gasteiger partial charge in [-0.3, -0.25) is 9.69 Å². The minimum atomic E-state index is -0.104. The van der Waals surface area contributed by atoms with Crippen molar-refractivity contribution in [3.63, 3.8) is 0 Å². The van der Waals surface area contributed by atoms with Crippen LogP contribution in [-0.2, 0) is 9.53 Å². The fourth-order valence-corrected chi connectivity index (χ4v) is 4.22. The fraction of sp³-hybridized carbons (Fsp3) is 0.444. The van der Waals surface area contributed by atoms with Gasteiger partial charge in [-0.25, -0.2) is 0 Å². The number of nitrogens with zero attached hydrogens (tertiary/aromatic N) is 1. The van der Waals surface area contributed by atoms with E-state index in [-0.39, 0.29) is 12.0 Å². The normalized spacial score (nSPS) is 21.6. The molecule has 2 heterocycles. The Hall–Kier alpha value is -1.77. The minimum absolute atomic E-state index is 0.0625. The average Bonchev–Trinajstić information content (AvgIpc) is 3.25. The quantitative estimate of drug-likeness (QED) is 0.542. The van der Waals surface area contributed by atoms with Gasteiger partial charge in [0.2, 0.25) is 0 Å². The zero-order chi connectivity index (χ0) is 18.7.